The standard InChI is InChI=1S/C15H28N2O3.ClH/c1-10(11(2)17-12(3)18)5-7-15(14(19)20-4)8-6-13(16)9-15;/h10-11,13H,5-9,16H2,1-4H3,(H,17,18);1H. The van der Waals surface area contributed by atoms with Gasteiger partial charge in [0.2, 0.25) is 5.91 Å². The number of carbonyl (C=O) groups is 2. The molecule has 0 aromatic rings. The molecule has 0 radical (unpaired) electrons. The molecular formula is C15H29ClN2O3. The molecule has 6 heteroatoms. The lowest BCUT2D eigenvalue weighted by Gasteiger charge is -2.29. The van der Waals surface area contributed by atoms with E-state index in [1.54, 1.807) is 0 Å². The number of amides is 1. The number of ether oxygens (including phenoxy) is 1. The molecule has 1 saturated carbocycles. The number of nitrogens with one attached hydrogen (secondary N) is 1. The summed E-state index contributed by atoms with van der Waals surface area (Å²) >= 11 is 0. The lowest BCUT2D eigenvalue weighted by atomic mass is 9.78. The van der Waals surface area contributed by atoms with E-state index in [2.05, 4.69) is 12.2 Å². The average molecular weight is 321 g/mol. The minimum absolute atomic E-state index is 0. The van der Waals surface area contributed by atoms with Crippen LogP contribution in [-0.4, -0.2) is 31.1 Å². The molecule has 0 spiro atoms. The summed E-state index contributed by atoms with van der Waals surface area (Å²) in [5.41, 5.74) is 5.55. The molecule has 1 aliphatic rings. The van der Waals surface area contributed by atoms with E-state index in [9.17, 15) is 9.59 Å². The van der Waals surface area contributed by atoms with E-state index >= 15 is 0 Å². The van der Waals surface area contributed by atoms with E-state index in [0.717, 1.165) is 25.7 Å². The second-order valence-electron chi connectivity index (χ2n) is 6.28. The summed E-state index contributed by atoms with van der Waals surface area (Å²) in [6, 6.07) is 0.203. The molecule has 21 heavy (non-hydrogen) atoms. The van der Waals surface area contributed by atoms with Crippen molar-refractivity contribution in [2.45, 2.75) is 65.0 Å². The zero-order valence-electron chi connectivity index (χ0n) is 13.5. The normalized spacial score (nSPS) is 27.4. The predicted molar refractivity (Wildman–Crippen MR) is 85.2 cm³/mol. The third-order valence-corrected chi connectivity index (χ3v) is 4.63. The van der Waals surface area contributed by atoms with Gasteiger partial charge in [0, 0.05) is 19.0 Å². The van der Waals surface area contributed by atoms with Crippen LogP contribution in [0, 0.1) is 11.3 Å². The van der Waals surface area contributed by atoms with Gasteiger partial charge in [-0.2, -0.15) is 0 Å². The van der Waals surface area contributed by atoms with E-state index < -0.39 is 5.41 Å². The highest BCUT2D eigenvalue weighted by molar-refractivity contribution is 5.85. The number of hydrogen-bond donors (Lipinski definition) is 2. The van der Waals surface area contributed by atoms with E-state index in [-0.39, 0.29) is 36.4 Å². The highest BCUT2D eigenvalue weighted by atomic mass is 35.5. The summed E-state index contributed by atoms with van der Waals surface area (Å²) in [6.45, 7) is 5.62. The van der Waals surface area contributed by atoms with Gasteiger partial charge in [0.15, 0.2) is 0 Å². The maximum atomic E-state index is 12.1. The second-order valence-corrected chi connectivity index (χ2v) is 6.28. The molecule has 1 aliphatic carbocycles. The van der Waals surface area contributed by atoms with Gasteiger partial charge in [-0.15, -0.1) is 12.4 Å². The number of halogens is 1. The Bertz CT molecular complexity index is 365. The molecule has 0 aromatic carbocycles. The number of rotatable bonds is 6. The molecule has 1 rings (SSSR count). The first-order valence-electron chi connectivity index (χ1n) is 7.42. The first kappa shape index (κ1) is 20.2. The Hall–Kier alpha value is -0.810. The van der Waals surface area contributed by atoms with E-state index in [0.29, 0.717) is 12.3 Å². The lowest BCUT2D eigenvalue weighted by Crippen LogP contribution is -2.37. The van der Waals surface area contributed by atoms with Crippen LogP contribution in [0.5, 0.6) is 0 Å². The zero-order chi connectivity index (χ0) is 15.3. The summed E-state index contributed by atoms with van der Waals surface area (Å²) < 4.78 is 4.98. The average Bonchev–Trinajstić information content (AvgIpc) is 2.77. The minimum Gasteiger partial charge on any atom is -0.469 e. The van der Waals surface area contributed by atoms with Crippen LogP contribution in [-0.2, 0) is 14.3 Å². The Morgan fingerprint density at radius 3 is 2.48 bits per heavy atom. The molecule has 4 atom stereocenters. The van der Waals surface area contributed by atoms with Crippen LogP contribution in [0.4, 0.5) is 0 Å². The van der Waals surface area contributed by atoms with Crippen molar-refractivity contribution >= 4 is 24.3 Å². The second kappa shape index (κ2) is 8.59. The molecule has 3 N–H and O–H groups in total. The maximum Gasteiger partial charge on any atom is 0.311 e. The van der Waals surface area contributed by atoms with Crippen molar-refractivity contribution in [1.29, 1.82) is 0 Å². The molecule has 1 fully saturated rings. The van der Waals surface area contributed by atoms with Crippen LogP contribution in [0.25, 0.3) is 0 Å². The number of carbonyl (C=O) groups excluding carboxylic acids is 2. The van der Waals surface area contributed by atoms with E-state index in [1.165, 1.54) is 14.0 Å². The maximum absolute atomic E-state index is 12.1. The molecular weight excluding hydrogens is 292 g/mol. The van der Waals surface area contributed by atoms with Crippen LogP contribution in [0.3, 0.4) is 0 Å². The van der Waals surface area contributed by atoms with Gasteiger partial charge in [-0.1, -0.05) is 6.92 Å². The van der Waals surface area contributed by atoms with Gasteiger partial charge in [-0.3, -0.25) is 9.59 Å². The van der Waals surface area contributed by atoms with E-state index in [1.807, 2.05) is 6.92 Å². The van der Waals surface area contributed by atoms with Crippen molar-refractivity contribution in [2.24, 2.45) is 17.1 Å². The smallest absolute Gasteiger partial charge is 0.311 e. The lowest BCUT2D eigenvalue weighted by molar-refractivity contribution is -0.153. The monoisotopic (exact) mass is 320 g/mol. The number of methoxy groups -OCH3 is 1. The van der Waals surface area contributed by atoms with Gasteiger partial charge < -0.3 is 15.8 Å². The molecule has 124 valence electrons. The zero-order valence-corrected chi connectivity index (χ0v) is 14.3. The molecule has 0 aromatic heterocycles. The van der Waals surface area contributed by atoms with Gasteiger partial charge in [0.1, 0.15) is 0 Å². The topological polar surface area (TPSA) is 81.4 Å². The van der Waals surface area contributed by atoms with Crippen molar-refractivity contribution < 1.29 is 14.3 Å². The summed E-state index contributed by atoms with van der Waals surface area (Å²) in [5, 5.41) is 2.90. The van der Waals surface area contributed by atoms with Crippen molar-refractivity contribution in [1.82, 2.24) is 5.32 Å². The Labute approximate surface area is 133 Å². The van der Waals surface area contributed by atoms with Crippen LogP contribution >= 0.6 is 12.4 Å². The van der Waals surface area contributed by atoms with E-state index in [4.69, 9.17) is 10.5 Å². The fourth-order valence-corrected chi connectivity index (χ4v) is 3.12. The van der Waals surface area contributed by atoms with Gasteiger partial charge in [0.05, 0.1) is 12.5 Å². The summed E-state index contributed by atoms with van der Waals surface area (Å²) in [7, 11) is 1.44. The number of nitrogens with two attached hydrogens (primary N) is 1. The van der Waals surface area contributed by atoms with Crippen LogP contribution in [0.1, 0.15) is 52.9 Å². The molecule has 5 nitrogen and oxygen atoms in total. The Morgan fingerprint density at radius 1 is 1.43 bits per heavy atom. The van der Waals surface area contributed by atoms with Crippen LogP contribution in [0.2, 0.25) is 0 Å². The SMILES string of the molecule is COC(=O)C1(CCC(C)C(C)NC(C)=O)CCC(N)C1.Cl. The summed E-state index contributed by atoms with van der Waals surface area (Å²) in [4.78, 5) is 23.2. The predicted octanol–water partition coefficient (Wildman–Crippen LogP) is 2.02. The fraction of sp³-hybridized carbons (Fsp3) is 0.867. The fourth-order valence-electron chi connectivity index (χ4n) is 3.12. The van der Waals surface area contributed by atoms with Crippen molar-refractivity contribution in [3.63, 3.8) is 0 Å². The first-order valence-corrected chi connectivity index (χ1v) is 7.42. The Morgan fingerprint density at radius 2 is 2.05 bits per heavy atom. The Balaban J connectivity index is 0.00000400. The summed E-state index contributed by atoms with van der Waals surface area (Å²) in [5.74, 6) is 0.164. The minimum atomic E-state index is -0.418. The van der Waals surface area contributed by atoms with Crippen molar-refractivity contribution in [2.75, 3.05) is 7.11 Å². The van der Waals surface area contributed by atoms with Crippen LogP contribution < -0.4 is 11.1 Å². The van der Waals surface area contributed by atoms with Crippen molar-refractivity contribution in [3.05, 3.63) is 0 Å². The number of esters is 1. The van der Waals surface area contributed by atoms with Gasteiger partial charge in [-0.25, -0.2) is 0 Å². The highest BCUT2D eigenvalue weighted by Crippen LogP contribution is 2.43. The number of hydrogen-bond acceptors (Lipinski definition) is 4. The molecule has 0 aliphatic heterocycles. The van der Waals surface area contributed by atoms with Gasteiger partial charge in [0.25, 0.3) is 0 Å². The van der Waals surface area contributed by atoms with Gasteiger partial charge in [-0.05, 0) is 44.9 Å². The molecule has 1 amide bonds. The quantitative estimate of drug-likeness (QED) is 0.734. The first-order chi connectivity index (χ1) is 9.30. The third-order valence-electron chi connectivity index (χ3n) is 4.63. The third kappa shape index (κ3) is 5.47. The largest absolute Gasteiger partial charge is 0.469 e. The molecule has 0 bridgehead atoms. The molecule has 4 unspecified atom stereocenters. The molecule has 0 heterocycles. The highest BCUT2D eigenvalue weighted by Gasteiger charge is 2.45. The molecule has 0 saturated heterocycles. The van der Waals surface area contributed by atoms with Crippen molar-refractivity contribution in [3.8, 4) is 0 Å². The summed E-state index contributed by atoms with van der Waals surface area (Å²) in [6.07, 6.45) is 4.05. The Kier molecular flexibility index (Phi) is 8.26. The van der Waals surface area contributed by atoms with Gasteiger partial charge >= 0.3 is 5.97 Å². The van der Waals surface area contributed by atoms with Crippen LogP contribution in [0.15, 0.2) is 0 Å².